The fraction of sp³-hybridized carbons (Fsp3) is 0.455. The largest absolute Gasteiger partial charge is 0.494 e. The molecule has 0 bridgehead atoms. The van der Waals surface area contributed by atoms with Gasteiger partial charge in [0.15, 0.2) is 0 Å². The molecule has 0 aliphatic heterocycles. The Hall–Kier alpha value is -0.770. The summed E-state index contributed by atoms with van der Waals surface area (Å²) in [7, 11) is 0. The highest BCUT2D eigenvalue weighted by atomic mass is 35.5. The number of ether oxygens (including phenoxy) is 1. The molecule has 4 N–H and O–H groups in total. The van der Waals surface area contributed by atoms with Crippen LogP contribution in [-0.4, -0.2) is 19.2 Å². The molecular formula is C11H17ClN2O. The molecule has 0 aliphatic carbocycles. The van der Waals surface area contributed by atoms with E-state index in [4.69, 9.17) is 27.8 Å². The van der Waals surface area contributed by atoms with E-state index in [1.54, 1.807) is 0 Å². The summed E-state index contributed by atoms with van der Waals surface area (Å²) < 4.78 is 5.48. The molecule has 0 radical (unpaired) electrons. The maximum atomic E-state index is 5.92. The van der Waals surface area contributed by atoms with Crippen LogP contribution in [0.15, 0.2) is 18.2 Å². The van der Waals surface area contributed by atoms with Crippen molar-refractivity contribution in [2.75, 3.05) is 13.2 Å². The highest BCUT2D eigenvalue weighted by Crippen LogP contribution is 2.23. The van der Waals surface area contributed by atoms with E-state index >= 15 is 0 Å². The predicted molar refractivity (Wildman–Crippen MR) is 63.4 cm³/mol. The van der Waals surface area contributed by atoms with E-state index < -0.39 is 0 Å². The summed E-state index contributed by atoms with van der Waals surface area (Å²) in [5, 5.41) is 0.692. The summed E-state index contributed by atoms with van der Waals surface area (Å²) in [6.07, 6.45) is 0.687. The second-order valence-electron chi connectivity index (χ2n) is 3.38. The van der Waals surface area contributed by atoms with Gasteiger partial charge in [0.2, 0.25) is 0 Å². The van der Waals surface area contributed by atoms with E-state index in [0.717, 1.165) is 11.3 Å². The zero-order chi connectivity index (χ0) is 11.3. The molecule has 0 saturated heterocycles. The third-order valence-electron chi connectivity index (χ3n) is 2.11. The number of halogens is 1. The molecule has 15 heavy (non-hydrogen) atoms. The Morgan fingerprint density at radius 3 is 2.80 bits per heavy atom. The van der Waals surface area contributed by atoms with Crippen LogP contribution in [-0.2, 0) is 6.42 Å². The molecule has 0 saturated carbocycles. The van der Waals surface area contributed by atoms with Crippen LogP contribution in [0.5, 0.6) is 5.75 Å². The van der Waals surface area contributed by atoms with E-state index in [2.05, 4.69) is 0 Å². The molecule has 4 heteroatoms. The Balaban J connectivity index is 2.86. The topological polar surface area (TPSA) is 61.3 Å². The highest BCUT2D eigenvalue weighted by Gasteiger charge is 2.08. The first-order valence-electron chi connectivity index (χ1n) is 5.04. The van der Waals surface area contributed by atoms with Gasteiger partial charge in [-0.15, -0.1) is 0 Å². The van der Waals surface area contributed by atoms with Gasteiger partial charge in [-0.25, -0.2) is 0 Å². The first kappa shape index (κ1) is 12.3. The van der Waals surface area contributed by atoms with Gasteiger partial charge in [0, 0.05) is 17.6 Å². The molecule has 0 heterocycles. The smallest absolute Gasteiger partial charge is 0.122 e. The minimum atomic E-state index is -0.0531. The van der Waals surface area contributed by atoms with Gasteiger partial charge >= 0.3 is 0 Å². The van der Waals surface area contributed by atoms with Gasteiger partial charge in [-0.2, -0.15) is 0 Å². The first-order valence-corrected chi connectivity index (χ1v) is 5.42. The van der Waals surface area contributed by atoms with Crippen molar-refractivity contribution in [3.8, 4) is 5.75 Å². The fourth-order valence-electron chi connectivity index (χ4n) is 1.37. The predicted octanol–water partition coefficient (Wildman–Crippen LogP) is 1.57. The van der Waals surface area contributed by atoms with Crippen molar-refractivity contribution in [1.82, 2.24) is 0 Å². The Kier molecular flexibility index (Phi) is 4.88. The van der Waals surface area contributed by atoms with Crippen LogP contribution < -0.4 is 16.2 Å². The molecule has 84 valence electrons. The van der Waals surface area contributed by atoms with Gasteiger partial charge in [-0.3, -0.25) is 0 Å². The number of nitrogens with two attached hydrogens (primary N) is 2. The first-order chi connectivity index (χ1) is 7.17. The Bertz CT molecular complexity index is 317. The SMILES string of the molecule is CCOc1ccc(Cl)cc1CC(N)CN. The van der Waals surface area contributed by atoms with Crippen LogP contribution >= 0.6 is 11.6 Å². The van der Waals surface area contributed by atoms with E-state index in [0.29, 0.717) is 24.6 Å². The van der Waals surface area contributed by atoms with Crippen LogP contribution in [0.2, 0.25) is 5.02 Å². The van der Waals surface area contributed by atoms with Crippen LogP contribution in [0.3, 0.4) is 0 Å². The lowest BCUT2D eigenvalue weighted by atomic mass is 10.1. The summed E-state index contributed by atoms with van der Waals surface area (Å²) in [6, 6.07) is 5.50. The zero-order valence-electron chi connectivity index (χ0n) is 8.87. The van der Waals surface area contributed by atoms with Crippen molar-refractivity contribution in [3.63, 3.8) is 0 Å². The lowest BCUT2D eigenvalue weighted by Gasteiger charge is -2.13. The second kappa shape index (κ2) is 5.95. The third kappa shape index (κ3) is 3.70. The molecule has 1 rings (SSSR count). The lowest BCUT2D eigenvalue weighted by molar-refractivity contribution is 0.335. The van der Waals surface area contributed by atoms with Gasteiger partial charge in [-0.1, -0.05) is 11.6 Å². The average Bonchev–Trinajstić information content (AvgIpc) is 2.22. The van der Waals surface area contributed by atoms with E-state index in [1.807, 2.05) is 25.1 Å². The third-order valence-corrected chi connectivity index (χ3v) is 2.34. The normalized spacial score (nSPS) is 12.5. The van der Waals surface area contributed by atoms with Crippen molar-refractivity contribution < 1.29 is 4.74 Å². The summed E-state index contributed by atoms with van der Waals surface area (Å²) in [5.41, 5.74) is 12.3. The minimum Gasteiger partial charge on any atom is -0.494 e. The standard InChI is InChI=1S/C11H17ClN2O/c1-2-15-11-4-3-9(12)5-8(11)6-10(14)7-13/h3-5,10H,2,6-7,13-14H2,1H3. The Labute approximate surface area is 95.4 Å². The highest BCUT2D eigenvalue weighted by molar-refractivity contribution is 6.30. The molecule has 1 atom stereocenters. The van der Waals surface area contributed by atoms with Gasteiger partial charge < -0.3 is 16.2 Å². The molecule has 0 fully saturated rings. The maximum absolute atomic E-state index is 5.92. The molecule has 0 spiro atoms. The van der Waals surface area contributed by atoms with Crippen LogP contribution in [0.25, 0.3) is 0 Å². The second-order valence-corrected chi connectivity index (χ2v) is 3.82. The lowest BCUT2D eigenvalue weighted by Crippen LogP contribution is -2.31. The molecule has 1 aromatic carbocycles. The Morgan fingerprint density at radius 1 is 1.47 bits per heavy atom. The number of hydrogen-bond donors (Lipinski definition) is 2. The summed E-state index contributed by atoms with van der Waals surface area (Å²) in [6.45, 7) is 3.03. The van der Waals surface area contributed by atoms with Crippen molar-refractivity contribution in [2.45, 2.75) is 19.4 Å². The molecule has 0 aromatic heterocycles. The fourth-order valence-corrected chi connectivity index (χ4v) is 1.56. The van der Waals surface area contributed by atoms with Crippen molar-refractivity contribution in [3.05, 3.63) is 28.8 Å². The van der Waals surface area contributed by atoms with Crippen molar-refractivity contribution >= 4 is 11.6 Å². The summed E-state index contributed by atoms with van der Waals surface area (Å²) in [4.78, 5) is 0. The number of hydrogen-bond acceptors (Lipinski definition) is 3. The summed E-state index contributed by atoms with van der Waals surface area (Å²) in [5.74, 6) is 0.839. The monoisotopic (exact) mass is 228 g/mol. The average molecular weight is 229 g/mol. The quantitative estimate of drug-likeness (QED) is 0.804. The van der Waals surface area contributed by atoms with Crippen LogP contribution in [0.1, 0.15) is 12.5 Å². The van der Waals surface area contributed by atoms with Crippen molar-refractivity contribution in [2.24, 2.45) is 11.5 Å². The van der Waals surface area contributed by atoms with Crippen LogP contribution in [0, 0.1) is 0 Å². The molecular weight excluding hydrogens is 212 g/mol. The van der Waals surface area contributed by atoms with E-state index in [9.17, 15) is 0 Å². The van der Waals surface area contributed by atoms with E-state index in [-0.39, 0.29) is 6.04 Å². The van der Waals surface area contributed by atoms with Crippen LogP contribution in [0.4, 0.5) is 0 Å². The van der Waals surface area contributed by atoms with Gasteiger partial charge in [0.25, 0.3) is 0 Å². The van der Waals surface area contributed by atoms with Crippen molar-refractivity contribution in [1.29, 1.82) is 0 Å². The minimum absolute atomic E-state index is 0.0531. The molecule has 0 aliphatic rings. The number of benzene rings is 1. The Morgan fingerprint density at radius 2 is 2.20 bits per heavy atom. The van der Waals surface area contributed by atoms with Gasteiger partial charge in [-0.05, 0) is 37.1 Å². The zero-order valence-corrected chi connectivity index (χ0v) is 9.63. The molecule has 3 nitrogen and oxygen atoms in total. The molecule has 0 amide bonds. The summed E-state index contributed by atoms with van der Waals surface area (Å²) >= 11 is 5.92. The van der Waals surface area contributed by atoms with Gasteiger partial charge in [0.1, 0.15) is 5.75 Å². The maximum Gasteiger partial charge on any atom is 0.122 e. The molecule has 1 unspecified atom stereocenters. The van der Waals surface area contributed by atoms with Gasteiger partial charge in [0.05, 0.1) is 6.61 Å². The molecule has 1 aromatic rings. The number of rotatable bonds is 5. The van der Waals surface area contributed by atoms with E-state index in [1.165, 1.54) is 0 Å².